The van der Waals surface area contributed by atoms with Gasteiger partial charge in [-0.15, -0.1) is 0 Å². The van der Waals surface area contributed by atoms with E-state index in [-0.39, 0.29) is 16.9 Å². The Balaban J connectivity index is 2.30. The number of aromatic carboxylic acids is 1. The number of carbonyl (C=O) groups is 2. The summed E-state index contributed by atoms with van der Waals surface area (Å²) in [5, 5.41) is 9.15. The lowest BCUT2D eigenvalue weighted by Crippen LogP contribution is -2.07. The summed E-state index contributed by atoms with van der Waals surface area (Å²) >= 11 is 0. The highest BCUT2D eigenvalue weighted by Crippen LogP contribution is 2.14. The molecule has 0 aromatic heterocycles. The van der Waals surface area contributed by atoms with Crippen molar-refractivity contribution in [2.75, 3.05) is 0 Å². The lowest BCUT2D eigenvalue weighted by molar-refractivity contribution is 0.0693. The molecule has 0 atom stereocenters. The van der Waals surface area contributed by atoms with E-state index in [0.29, 0.717) is 0 Å². The molecule has 0 bridgehead atoms. The minimum atomic E-state index is -1.09. The third-order valence-electron chi connectivity index (χ3n) is 2.90. The molecule has 0 unspecified atom stereocenters. The predicted octanol–water partition coefficient (Wildman–Crippen LogP) is 3.59. The molecule has 0 spiro atoms. The van der Waals surface area contributed by atoms with Crippen LogP contribution < -0.4 is 0 Å². The van der Waals surface area contributed by atoms with Crippen molar-refractivity contribution in [3.63, 3.8) is 0 Å². The Morgan fingerprint density at radius 2 is 1.70 bits per heavy atom. The Morgan fingerprint density at radius 1 is 1.00 bits per heavy atom. The average Bonchev–Trinajstić information content (AvgIpc) is 2.45. The summed E-state index contributed by atoms with van der Waals surface area (Å²) in [6.07, 6.45) is 3.07. The molecule has 0 heterocycles. The second kappa shape index (κ2) is 5.97. The number of carbonyl (C=O) groups excluding carboxylic acids is 1. The summed E-state index contributed by atoms with van der Waals surface area (Å²) in [5.41, 5.74) is 1.94. The lowest BCUT2D eigenvalue weighted by Gasteiger charge is -2.03. The maximum atomic E-state index is 12.1. The van der Waals surface area contributed by atoms with Gasteiger partial charge in [-0.3, -0.25) is 4.79 Å². The van der Waals surface area contributed by atoms with E-state index >= 15 is 0 Å². The Labute approximate surface area is 117 Å². The number of hydrogen-bond donors (Lipinski definition) is 1. The van der Waals surface area contributed by atoms with Crippen LogP contribution in [0.1, 0.15) is 31.8 Å². The third kappa shape index (κ3) is 3.20. The van der Waals surface area contributed by atoms with Gasteiger partial charge in [-0.25, -0.2) is 4.79 Å². The maximum Gasteiger partial charge on any atom is 0.336 e. The van der Waals surface area contributed by atoms with Crippen LogP contribution in [0, 0.1) is 6.92 Å². The van der Waals surface area contributed by atoms with Crippen molar-refractivity contribution >= 4 is 17.8 Å². The smallest absolute Gasteiger partial charge is 0.336 e. The maximum absolute atomic E-state index is 12.1. The number of ketones is 1. The van der Waals surface area contributed by atoms with Crippen LogP contribution in [0.2, 0.25) is 0 Å². The van der Waals surface area contributed by atoms with Crippen LogP contribution in [0.15, 0.2) is 54.6 Å². The molecule has 0 fully saturated rings. The average molecular weight is 266 g/mol. The Morgan fingerprint density at radius 3 is 2.35 bits per heavy atom. The van der Waals surface area contributed by atoms with Crippen molar-refractivity contribution in [3.05, 3.63) is 76.9 Å². The molecule has 0 saturated carbocycles. The van der Waals surface area contributed by atoms with Gasteiger partial charge in [0.1, 0.15) is 0 Å². The van der Waals surface area contributed by atoms with Gasteiger partial charge in [0.2, 0.25) is 0 Å². The standard InChI is InChI=1S/C17H14O3/c1-12-7-9-14(15(11-12)17(19)20)16(18)10-8-13-5-3-2-4-6-13/h2-11H,1H3,(H,19,20)/b10-8+. The van der Waals surface area contributed by atoms with Gasteiger partial charge in [-0.1, -0.05) is 48.0 Å². The van der Waals surface area contributed by atoms with Crippen LogP contribution in [0.5, 0.6) is 0 Å². The SMILES string of the molecule is Cc1ccc(C(=O)/C=C/c2ccccc2)c(C(=O)O)c1. The summed E-state index contributed by atoms with van der Waals surface area (Å²) in [4.78, 5) is 23.3. The Hall–Kier alpha value is -2.68. The molecule has 0 aliphatic heterocycles. The van der Waals surface area contributed by atoms with Gasteiger partial charge in [0.15, 0.2) is 5.78 Å². The molecule has 20 heavy (non-hydrogen) atoms. The fraction of sp³-hybridized carbons (Fsp3) is 0.0588. The highest BCUT2D eigenvalue weighted by atomic mass is 16.4. The summed E-state index contributed by atoms with van der Waals surface area (Å²) in [6.45, 7) is 1.79. The largest absolute Gasteiger partial charge is 0.478 e. The number of carboxylic acid groups (broad SMARTS) is 1. The molecule has 2 rings (SSSR count). The Kier molecular flexibility index (Phi) is 4.11. The number of allylic oxidation sites excluding steroid dienone is 1. The first-order valence-corrected chi connectivity index (χ1v) is 6.19. The highest BCUT2D eigenvalue weighted by molar-refractivity contribution is 6.12. The number of hydrogen-bond acceptors (Lipinski definition) is 2. The minimum absolute atomic E-state index is 0.0349. The van der Waals surface area contributed by atoms with Gasteiger partial charge < -0.3 is 5.11 Å². The van der Waals surface area contributed by atoms with E-state index in [0.717, 1.165) is 11.1 Å². The highest BCUT2D eigenvalue weighted by Gasteiger charge is 2.14. The van der Waals surface area contributed by atoms with E-state index in [1.54, 1.807) is 25.1 Å². The van der Waals surface area contributed by atoms with E-state index in [2.05, 4.69) is 0 Å². The molecular formula is C17H14O3. The van der Waals surface area contributed by atoms with Gasteiger partial charge >= 0.3 is 5.97 Å². The lowest BCUT2D eigenvalue weighted by atomic mass is 10.0. The second-order valence-corrected chi connectivity index (χ2v) is 4.46. The quantitative estimate of drug-likeness (QED) is 0.679. The molecule has 0 aliphatic carbocycles. The first-order valence-electron chi connectivity index (χ1n) is 6.19. The number of carboxylic acids is 1. The summed E-state index contributed by atoms with van der Waals surface area (Å²) in [5.74, 6) is -1.41. The molecule has 100 valence electrons. The molecular weight excluding hydrogens is 252 g/mol. The summed E-state index contributed by atoms with van der Waals surface area (Å²) < 4.78 is 0. The van der Waals surface area contributed by atoms with E-state index in [1.807, 2.05) is 30.3 Å². The van der Waals surface area contributed by atoms with Gasteiger partial charge in [0.05, 0.1) is 5.56 Å². The molecule has 0 aliphatic rings. The first-order chi connectivity index (χ1) is 9.58. The molecule has 0 radical (unpaired) electrons. The van der Waals surface area contributed by atoms with E-state index in [1.165, 1.54) is 12.1 Å². The number of aryl methyl sites for hydroxylation is 1. The zero-order valence-corrected chi connectivity index (χ0v) is 11.0. The van der Waals surface area contributed by atoms with Crippen molar-refractivity contribution in [1.82, 2.24) is 0 Å². The zero-order valence-electron chi connectivity index (χ0n) is 11.0. The second-order valence-electron chi connectivity index (χ2n) is 4.46. The van der Waals surface area contributed by atoms with Crippen LogP contribution in [0.3, 0.4) is 0 Å². The minimum Gasteiger partial charge on any atom is -0.478 e. The monoisotopic (exact) mass is 266 g/mol. The van der Waals surface area contributed by atoms with Crippen LogP contribution in [-0.2, 0) is 0 Å². The summed E-state index contributed by atoms with van der Waals surface area (Å²) in [7, 11) is 0. The fourth-order valence-corrected chi connectivity index (χ4v) is 1.88. The van der Waals surface area contributed by atoms with Gasteiger partial charge in [0, 0.05) is 5.56 Å². The van der Waals surface area contributed by atoms with Gasteiger partial charge in [-0.05, 0) is 30.7 Å². The van der Waals surface area contributed by atoms with E-state index in [4.69, 9.17) is 5.11 Å². The molecule has 3 nitrogen and oxygen atoms in total. The van der Waals surface area contributed by atoms with Crippen molar-refractivity contribution < 1.29 is 14.7 Å². The van der Waals surface area contributed by atoms with Crippen LogP contribution in [0.25, 0.3) is 6.08 Å². The van der Waals surface area contributed by atoms with Crippen LogP contribution in [-0.4, -0.2) is 16.9 Å². The van der Waals surface area contributed by atoms with Crippen molar-refractivity contribution in [1.29, 1.82) is 0 Å². The topological polar surface area (TPSA) is 54.4 Å². The first kappa shape index (κ1) is 13.7. The number of benzene rings is 2. The van der Waals surface area contributed by atoms with Crippen molar-refractivity contribution in [2.24, 2.45) is 0 Å². The molecule has 2 aromatic carbocycles. The zero-order chi connectivity index (χ0) is 14.5. The molecule has 3 heteroatoms. The molecule has 2 aromatic rings. The molecule has 0 saturated heterocycles. The number of rotatable bonds is 4. The Bertz CT molecular complexity index is 670. The fourth-order valence-electron chi connectivity index (χ4n) is 1.88. The predicted molar refractivity (Wildman–Crippen MR) is 77.9 cm³/mol. The molecule has 0 amide bonds. The van der Waals surface area contributed by atoms with Crippen molar-refractivity contribution in [2.45, 2.75) is 6.92 Å². The summed E-state index contributed by atoms with van der Waals surface area (Å²) in [6, 6.07) is 14.2. The van der Waals surface area contributed by atoms with E-state index < -0.39 is 5.97 Å². The van der Waals surface area contributed by atoms with Crippen LogP contribution in [0.4, 0.5) is 0 Å². The normalized spacial score (nSPS) is 10.7. The molecule has 1 N–H and O–H groups in total. The third-order valence-corrected chi connectivity index (χ3v) is 2.90. The van der Waals surface area contributed by atoms with Crippen LogP contribution >= 0.6 is 0 Å². The van der Waals surface area contributed by atoms with Crippen molar-refractivity contribution in [3.8, 4) is 0 Å². The van der Waals surface area contributed by atoms with Gasteiger partial charge in [0.25, 0.3) is 0 Å². The van der Waals surface area contributed by atoms with E-state index in [9.17, 15) is 9.59 Å². The van der Waals surface area contributed by atoms with Gasteiger partial charge in [-0.2, -0.15) is 0 Å².